The van der Waals surface area contributed by atoms with Crippen molar-refractivity contribution < 1.29 is 21.9 Å². The lowest BCUT2D eigenvalue weighted by Crippen LogP contribution is -2.37. The molecular weight excluding hydrogens is 306 g/mol. The molecule has 20 heavy (non-hydrogen) atoms. The van der Waals surface area contributed by atoms with Crippen molar-refractivity contribution in [2.24, 2.45) is 0 Å². The predicted octanol–water partition coefficient (Wildman–Crippen LogP) is -1.32. The summed E-state index contributed by atoms with van der Waals surface area (Å²) in [4.78, 5) is -0.00209. The lowest BCUT2D eigenvalue weighted by atomic mass is 10.3. The highest BCUT2D eigenvalue weighted by Crippen LogP contribution is 2.23. The van der Waals surface area contributed by atoms with Gasteiger partial charge in [-0.25, -0.2) is 16.8 Å². The SMILES string of the molecule is CN(C1CCS(=O)(=O)C1)S(=O)(=O)c1cnn(CCO)c1. The number of nitrogens with zero attached hydrogens (tertiary/aromatic N) is 3. The first kappa shape index (κ1) is 15.4. The molecule has 0 bridgehead atoms. The van der Waals surface area contributed by atoms with Gasteiger partial charge in [0.2, 0.25) is 10.0 Å². The van der Waals surface area contributed by atoms with Gasteiger partial charge in [-0.1, -0.05) is 0 Å². The molecule has 2 rings (SSSR count). The third kappa shape index (κ3) is 3.03. The first-order chi connectivity index (χ1) is 9.26. The second-order valence-corrected chi connectivity index (χ2v) is 8.97. The van der Waals surface area contributed by atoms with E-state index >= 15 is 0 Å². The Labute approximate surface area is 118 Å². The van der Waals surface area contributed by atoms with Crippen LogP contribution in [-0.4, -0.2) is 67.2 Å². The molecule has 0 amide bonds. The van der Waals surface area contributed by atoms with E-state index in [4.69, 9.17) is 5.11 Å². The smallest absolute Gasteiger partial charge is 0.246 e. The Morgan fingerprint density at radius 2 is 2.25 bits per heavy atom. The van der Waals surface area contributed by atoms with Gasteiger partial charge in [0, 0.05) is 19.3 Å². The number of aliphatic hydroxyl groups excluding tert-OH is 1. The number of hydrogen-bond acceptors (Lipinski definition) is 6. The molecule has 1 N–H and O–H groups in total. The van der Waals surface area contributed by atoms with Crippen LogP contribution in [0.15, 0.2) is 17.3 Å². The summed E-state index contributed by atoms with van der Waals surface area (Å²) in [6.07, 6.45) is 2.83. The minimum atomic E-state index is -3.77. The molecular formula is C10H17N3O5S2. The number of sulfone groups is 1. The molecule has 1 unspecified atom stereocenters. The Bertz CT molecular complexity index is 680. The number of hydrogen-bond donors (Lipinski definition) is 1. The molecule has 1 aromatic heterocycles. The van der Waals surface area contributed by atoms with Gasteiger partial charge < -0.3 is 5.11 Å². The molecule has 114 valence electrons. The van der Waals surface area contributed by atoms with Crippen LogP contribution >= 0.6 is 0 Å². The Balaban J connectivity index is 2.21. The van der Waals surface area contributed by atoms with Gasteiger partial charge in [-0.15, -0.1) is 0 Å². The summed E-state index contributed by atoms with van der Waals surface area (Å²) in [5.74, 6) is -0.130. The molecule has 1 aromatic rings. The molecule has 1 aliphatic rings. The maximum Gasteiger partial charge on any atom is 0.246 e. The van der Waals surface area contributed by atoms with E-state index in [-0.39, 0.29) is 29.6 Å². The van der Waals surface area contributed by atoms with E-state index in [9.17, 15) is 16.8 Å². The van der Waals surface area contributed by atoms with Crippen LogP contribution in [-0.2, 0) is 26.4 Å². The van der Waals surface area contributed by atoms with E-state index in [0.29, 0.717) is 6.42 Å². The minimum absolute atomic E-state index is 0.00209. The summed E-state index contributed by atoms with van der Waals surface area (Å²) in [5.41, 5.74) is 0. The van der Waals surface area contributed by atoms with Gasteiger partial charge >= 0.3 is 0 Å². The summed E-state index contributed by atoms with van der Waals surface area (Å²) in [6, 6.07) is -0.536. The number of rotatable bonds is 5. The highest BCUT2D eigenvalue weighted by Gasteiger charge is 2.36. The zero-order chi connectivity index (χ0) is 15.0. The topological polar surface area (TPSA) is 110 Å². The zero-order valence-corrected chi connectivity index (χ0v) is 12.6. The van der Waals surface area contributed by atoms with Crippen LogP contribution in [0.25, 0.3) is 0 Å². The molecule has 1 atom stereocenters. The third-order valence-electron chi connectivity index (χ3n) is 3.34. The normalized spacial score (nSPS) is 22.4. The summed E-state index contributed by atoms with van der Waals surface area (Å²) < 4.78 is 50.0. The molecule has 1 fully saturated rings. The quantitative estimate of drug-likeness (QED) is 0.720. The van der Waals surface area contributed by atoms with Gasteiger partial charge in [-0.3, -0.25) is 4.68 Å². The second-order valence-electron chi connectivity index (χ2n) is 4.74. The van der Waals surface area contributed by atoms with Crippen molar-refractivity contribution in [1.82, 2.24) is 14.1 Å². The summed E-state index contributed by atoms with van der Waals surface area (Å²) in [5, 5.41) is 12.6. The Morgan fingerprint density at radius 3 is 2.80 bits per heavy atom. The van der Waals surface area contributed by atoms with Crippen LogP contribution in [0, 0.1) is 0 Å². The van der Waals surface area contributed by atoms with Crippen molar-refractivity contribution >= 4 is 19.9 Å². The van der Waals surface area contributed by atoms with Crippen molar-refractivity contribution in [3.63, 3.8) is 0 Å². The minimum Gasteiger partial charge on any atom is -0.394 e. The van der Waals surface area contributed by atoms with E-state index in [1.807, 2.05) is 0 Å². The molecule has 1 saturated heterocycles. The first-order valence-corrected chi connectivity index (χ1v) is 9.34. The van der Waals surface area contributed by atoms with Gasteiger partial charge in [0.05, 0.1) is 30.9 Å². The maximum atomic E-state index is 12.4. The molecule has 8 nitrogen and oxygen atoms in total. The number of aliphatic hydroxyl groups is 1. The summed E-state index contributed by atoms with van der Waals surface area (Å²) in [7, 11) is -5.53. The maximum absolute atomic E-state index is 12.4. The van der Waals surface area contributed by atoms with Crippen molar-refractivity contribution in [3.05, 3.63) is 12.4 Å². The lowest BCUT2D eigenvalue weighted by Gasteiger charge is -2.21. The molecule has 0 saturated carbocycles. The predicted molar refractivity (Wildman–Crippen MR) is 71.3 cm³/mol. The fourth-order valence-corrected chi connectivity index (χ4v) is 5.34. The largest absolute Gasteiger partial charge is 0.394 e. The Morgan fingerprint density at radius 1 is 1.55 bits per heavy atom. The first-order valence-electron chi connectivity index (χ1n) is 6.08. The lowest BCUT2D eigenvalue weighted by molar-refractivity contribution is 0.269. The van der Waals surface area contributed by atoms with Crippen molar-refractivity contribution in [2.45, 2.75) is 23.9 Å². The van der Waals surface area contributed by atoms with E-state index in [1.54, 1.807) is 0 Å². The average molecular weight is 323 g/mol. The zero-order valence-electron chi connectivity index (χ0n) is 11.0. The summed E-state index contributed by atoms with van der Waals surface area (Å²) in [6.45, 7) is 0.0644. The van der Waals surface area contributed by atoms with E-state index in [1.165, 1.54) is 24.1 Å². The van der Waals surface area contributed by atoms with Gasteiger partial charge in [0.1, 0.15) is 4.90 Å². The molecule has 0 spiro atoms. The molecule has 1 aliphatic heterocycles. The fraction of sp³-hybridized carbons (Fsp3) is 0.700. The highest BCUT2D eigenvalue weighted by molar-refractivity contribution is 7.92. The number of aromatic nitrogens is 2. The Kier molecular flexibility index (Phi) is 4.19. The van der Waals surface area contributed by atoms with Crippen LogP contribution in [0.1, 0.15) is 6.42 Å². The molecule has 10 heteroatoms. The fourth-order valence-electron chi connectivity index (χ4n) is 2.13. The van der Waals surface area contributed by atoms with E-state index in [0.717, 1.165) is 4.31 Å². The molecule has 0 aromatic carbocycles. The van der Waals surface area contributed by atoms with Crippen molar-refractivity contribution in [1.29, 1.82) is 0 Å². The van der Waals surface area contributed by atoms with Gasteiger partial charge in [-0.05, 0) is 6.42 Å². The monoisotopic (exact) mass is 323 g/mol. The van der Waals surface area contributed by atoms with Crippen LogP contribution in [0.3, 0.4) is 0 Å². The average Bonchev–Trinajstić information content (AvgIpc) is 2.95. The third-order valence-corrected chi connectivity index (χ3v) is 6.95. The van der Waals surface area contributed by atoms with Crippen LogP contribution in [0.5, 0.6) is 0 Å². The van der Waals surface area contributed by atoms with Gasteiger partial charge in [0.25, 0.3) is 0 Å². The molecule has 2 heterocycles. The number of sulfonamides is 1. The van der Waals surface area contributed by atoms with E-state index in [2.05, 4.69) is 5.10 Å². The van der Waals surface area contributed by atoms with Gasteiger partial charge in [-0.2, -0.15) is 9.40 Å². The summed E-state index contributed by atoms with van der Waals surface area (Å²) >= 11 is 0. The van der Waals surface area contributed by atoms with Gasteiger partial charge in [0.15, 0.2) is 9.84 Å². The molecule has 0 radical (unpaired) electrons. The van der Waals surface area contributed by atoms with Crippen LogP contribution < -0.4 is 0 Å². The standard InChI is InChI=1S/C10H17N3O5S2/c1-12(9-2-5-19(15,16)8-9)20(17,18)10-6-11-13(7-10)3-4-14/h6-7,9,14H,2-5,8H2,1H3. The second kappa shape index (κ2) is 5.43. The Hall–Kier alpha value is -0.970. The molecule has 0 aliphatic carbocycles. The highest BCUT2D eigenvalue weighted by atomic mass is 32.2. The van der Waals surface area contributed by atoms with Crippen LogP contribution in [0.2, 0.25) is 0 Å². The van der Waals surface area contributed by atoms with E-state index < -0.39 is 25.9 Å². The van der Waals surface area contributed by atoms with Crippen molar-refractivity contribution in [3.8, 4) is 0 Å². The van der Waals surface area contributed by atoms with Crippen LogP contribution in [0.4, 0.5) is 0 Å². The van der Waals surface area contributed by atoms with Crippen molar-refractivity contribution in [2.75, 3.05) is 25.2 Å².